The number of methoxy groups -OCH3 is 1. The maximum atomic E-state index is 12.5. The number of nitrogens with one attached hydrogen (secondary N) is 2. The third-order valence-corrected chi connectivity index (χ3v) is 5.56. The van der Waals surface area contributed by atoms with E-state index in [9.17, 15) is 4.79 Å². The van der Waals surface area contributed by atoms with E-state index in [1.165, 1.54) is 4.90 Å². The number of hydrogen-bond acceptors (Lipinski definition) is 4. The van der Waals surface area contributed by atoms with Gasteiger partial charge in [-0.05, 0) is 50.2 Å². The first-order valence-electron chi connectivity index (χ1n) is 7.52. The Morgan fingerprint density at radius 2 is 2.00 bits per heavy atom. The Morgan fingerprint density at radius 3 is 2.57 bits per heavy atom. The number of amides is 1. The molecule has 130 valence electrons. The molecule has 1 unspecified atom stereocenters. The van der Waals surface area contributed by atoms with E-state index in [4.69, 9.17) is 4.74 Å². The van der Waals surface area contributed by atoms with Gasteiger partial charge in [-0.2, -0.15) is 0 Å². The normalized spacial score (nSPS) is 17.9. The molecular formula is C16H24BrClN2O2S. The van der Waals surface area contributed by atoms with Crippen molar-refractivity contribution in [2.45, 2.75) is 35.5 Å². The van der Waals surface area contributed by atoms with E-state index in [0.29, 0.717) is 11.8 Å². The topological polar surface area (TPSA) is 50.4 Å². The van der Waals surface area contributed by atoms with Crippen LogP contribution in [0.3, 0.4) is 0 Å². The molecule has 1 saturated heterocycles. The van der Waals surface area contributed by atoms with Crippen molar-refractivity contribution in [1.82, 2.24) is 10.6 Å². The van der Waals surface area contributed by atoms with Crippen LogP contribution >= 0.6 is 40.1 Å². The number of hydrogen-bond donors (Lipinski definition) is 2. The Kier molecular flexibility index (Phi) is 8.93. The molecule has 1 heterocycles. The average Bonchev–Trinajstić information content (AvgIpc) is 2.55. The predicted octanol–water partition coefficient (Wildman–Crippen LogP) is 3.24. The molecule has 23 heavy (non-hydrogen) atoms. The van der Waals surface area contributed by atoms with Crippen LogP contribution in [0.2, 0.25) is 0 Å². The fourth-order valence-electron chi connectivity index (χ4n) is 2.54. The van der Waals surface area contributed by atoms with Crippen LogP contribution < -0.4 is 10.6 Å². The molecule has 2 N–H and O–H groups in total. The van der Waals surface area contributed by atoms with Crippen molar-refractivity contribution in [1.29, 1.82) is 0 Å². The quantitative estimate of drug-likeness (QED) is 0.690. The first-order valence-corrected chi connectivity index (χ1v) is 9.19. The molecule has 1 aromatic rings. The third kappa shape index (κ3) is 5.94. The number of carbonyl (C=O) groups is 1. The number of carbonyl (C=O) groups excluding carboxylic acids is 1. The molecule has 0 aromatic heterocycles. The lowest BCUT2D eigenvalue weighted by Crippen LogP contribution is -2.54. The zero-order valence-corrected chi connectivity index (χ0v) is 16.7. The van der Waals surface area contributed by atoms with Crippen LogP contribution in [0.25, 0.3) is 0 Å². The van der Waals surface area contributed by atoms with Crippen molar-refractivity contribution >= 4 is 46.0 Å². The lowest BCUT2D eigenvalue weighted by Gasteiger charge is -2.35. The summed E-state index contributed by atoms with van der Waals surface area (Å²) in [4.78, 5) is 13.7. The van der Waals surface area contributed by atoms with Crippen LogP contribution in [0, 0.1) is 0 Å². The van der Waals surface area contributed by atoms with E-state index in [0.717, 1.165) is 30.4 Å². The summed E-state index contributed by atoms with van der Waals surface area (Å²) in [5.41, 5.74) is -0.659. The van der Waals surface area contributed by atoms with Crippen LogP contribution in [-0.2, 0) is 9.53 Å². The van der Waals surface area contributed by atoms with Gasteiger partial charge in [0.25, 0.3) is 5.91 Å². The largest absolute Gasteiger partial charge is 0.368 e. The third-order valence-electron chi connectivity index (χ3n) is 3.92. The van der Waals surface area contributed by atoms with Crippen LogP contribution in [0.15, 0.2) is 33.6 Å². The van der Waals surface area contributed by atoms with E-state index in [1.807, 2.05) is 12.1 Å². The molecule has 0 spiro atoms. The number of benzene rings is 1. The minimum atomic E-state index is -0.659. The maximum absolute atomic E-state index is 12.5. The minimum Gasteiger partial charge on any atom is -0.368 e. The Bertz CT molecular complexity index is 495. The summed E-state index contributed by atoms with van der Waals surface area (Å²) in [5, 5.41) is 6.62. The molecule has 1 fully saturated rings. The molecule has 1 aromatic carbocycles. The average molecular weight is 424 g/mol. The Morgan fingerprint density at radius 1 is 1.39 bits per heavy atom. The summed E-state index contributed by atoms with van der Waals surface area (Å²) < 4.78 is 6.62. The van der Waals surface area contributed by atoms with Crippen molar-refractivity contribution in [3.8, 4) is 0 Å². The number of ether oxygens (including phenoxy) is 1. The summed E-state index contributed by atoms with van der Waals surface area (Å²) >= 11 is 5.19. The highest BCUT2D eigenvalue weighted by atomic mass is 79.9. The molecule has 0 bridgehead atoms. The molecule has 2 rings (SSSR count). The first kappa shape index (κ1) is 20.8. The lowest BCUT2D eigenvalue weighted by atomic mass is 9.91. The summed E-state index contributed by atoms with van der Waals surface area (Å²) in [6.07, 6.45) is 1.45. The van der Waals surface area contributed by atoms with Crippen LogP contribution in [0.4, 0.5) is 0 Å². The van der Waals surface area contributed by atoms with Crippen molar-refractivity contribution in [2.24, 2.45) is 0 Å². The van der Waals surface area contributed by atoms with Crippen molar-refractivity contribution < 1.29 is 9.53 Å². The van der Waals surface area contributed by atoms with Crippen LogP contribution in [-0.4, -0.2) is 43.5 Å². The molecule has 4 nitrogen and oxygen atoms in total. The van der Waals surface area contributed by atoms with Gasteiger partial charge in [0.15, 0.2) is 0 Å². The van der Waals surface area contributed by atoms with Gasteiger partial charge in [0.2, 0.25) is 0 Å². The molecule has 7 heteroatoms. The van der Waals surface area contributed by atoms with Gasteiger partial charge in [0, 0.05) is 28.3 Å². The Hall–Kier alpha value is -0.270. The van der Waals surface area contributed by atoms with Gasteiger partial charge < -0.3 is 15.4 Å². The molecular weight excluding hydrogens is 400 g/mol. The maximum Gasteiger partial charge on any atom is 0.252 e. The molecule has 0 saturated carbocycles. The van der Waals surface area contributed by atoms with E-state index in [-0.39, 0.29) is 18.3 Å². The Balaban J connectivity index is 0.00000264. The number of thioether (sulfide) groups is 1. The molecule has 1 aliphatic heterocycles. The van der Waals surface area contributed by atoms with E-state index >= 15 is 0 Å². The van der Waals surface area contributed by atoms with Crippen molar-refractivity contribution in [2.75, 3.05) is 26.7 Å². The standard InChI is InChI=1S/C16H23BrN2O2S.ClH/c1-12(22-14-5-3-13(17)4-6-14)11-19-15(20)16(21-2)7-9-18-10-8-16;/h3-6,12,18H,7-11H2,1-2H3,(H,19,20);1H. The summed E-state index contributed by atoms with van der Waals surface area (Å²) in [7, 11) is 1.63. The second-order valence-corrected chi connectivity index (χ2v) is 7.97. The SMILES string of the molecule is COC1(C(=O)NCC(C)Sc2ccc(Br)cc2)CCNCC1.Cl. The van der Waals surface area contributed by atoms with Gasteiger partial charge in [0.1, 0.15) is 5.60 Å². The lowest BCUT2D eigenvalue weighted by molar-refractivity contribution is -0.146. The fraction of sp³-hybridized carbons (Fsp3) is 0.562. The minimum absolute atomic E-state index is 0. The summed E-state index contributed by atoms with van der Waals surface area (Å²) in [5.74, 6) is 0.0137. The van der Waals surface area contributed by atoms with E-state index in [1.54, 1.807) is 18.9 Å². The molecule has 1 atom stereocenters. The monoisotopic (exact) mass is 422 g/mol. The molecule has 0 radical (unpaired) electrons. The molecule has 0 aliphatic carbocycles. The van der Waals surface area contributed by atoms with E-state index in [2.05, 4.69) is 45.6 Å². The van der Waals surface area contributed by atoms with Crippen molar-refractivity contribution in [3.05, 3.63) is 28.7 Å². The highest BCUT2D eigenvalue weighted by Gasteiger charge is 2.39. The van der Waals surface area contributed by atoms with Crippen molar-refractivity contribution in [3.63, 3.8) is 0 Å². The fourth-order valence-corrected chi connectivity index (χ4v) is 3.73. The van der Waals surface area contributed by atoms with Gasteiger partial charge in [-0.3, -0.25) is 4.79 Å². The second-order valence-electron chi connectivity index (χ2n) is 5.54. The molecule has 1 aliphatic rings. The van der Waals surface area contributed by atoms with Gasteiger partial charge in [-0.1, -0.05) is 22.9 Å². The zero-order chi connectivity index (χ0) is 16.0. The van der Waals surface area contributed by atoms with Gasteiger partial charge in [-0.15, -0.1) is 24.2 Å². The second kappa shape index (κ2) is 9.89. The Labute approximate surface area is 157 Å². The van der Waals surface area contributed by atoms with Crippen LogP contribution in [0.1, 0.15) is 19.8 Å². The predicted molar refractivity (Wildman–Crippen MR) is 102 cm³/mol. The smallest absolute Gasteiger partial charge is 0.252 e. The summed E-state index contributed by atoms with van der Waals surface area (Å²) in [6.45, 7) is 4.40. The number of rotatable bonds is 6. The van der Waals surface area contributed by atoms with E-state index < -0.39 is 5.60 Å². The molecule has 1 amide bonds. The van der Waals surface area contributed by atoms with Crippen LogP contribution in [0.5, 0.6) is 0 Å². The highest BCUT2D eigenvalue weighted by Crippen LogP contribution is 2.25. The zero-order valence-electron chi connectivity index (χ0n) is 13.4. The number of piperidine rings is 1. The highest BCUT2D eigenvalue weighted by molar-refractivity contribution is 9.10. The first-order chi connectivity index (χ1) is 10.6. The van der Waals surface area contributed by atoms with Gasteiger partial charge in [-0.25, -0.2) is 0 Å². The summed E-state index contributed by atoms with van der Waals surface area (Å²) in [6, 6.07) is 8.22. The number of halogens is 2. The van der Waals surface area contributed by atoms with Gasteiger partial charge in [0.05, 0.1) is 0 Å². The van der Waals surface area contributed by atoms with Gasteiger partial charge >= 0.3 is 0 Å².